The summed E-state index contributed by atoms with van der Waals surface area (Å²) in [5.74, 6) is 2.36. The van der Waals surface area contributed by atoms with Crippen LogP contribution in [0.3, 0.4) is 0 Å². The number of nitrogens with zero attached hydrogens (tertiary/aromatic N) is 2. The van der Waals surface area contributed by atoms with E-state index in [0.29, 0.717) is 18.9 Å². The lowest BCUT2D eigenvalue weighted by atomic mass is 10.2. The van der Waals surface area contributed by atoms with Crippen LogP contribution >= 0.6 is 0 Å². The van der Waals surface area contributed by atoms with Crippen LogP contribution in [-0.2, 0) is 13.2 Å². The number of aryl methyl sites for hydroxylation is 1. The third-order valence-electron chi connectivity index (χ3n) is 4.75. The molecule has 5 heteroatoms. The Hall–Kier alpha value is -3.31. The Balaban J connectivity index is 1.30. The number of para-hydroxylation sites is 2. The second kappa shape index (κ2) is 8.80. The topological polar surface area (TPSA) is 56.5 Å². The Bertz CT molecular complexity index is 1060. The lowest BCUT2D eigenvalue weighted by Crippen LogP contribution is -2.24. The van der Waals surface area contributed by atoms with Crippen molar-refractivity contribution in [2.45, 2.75) is 26.2 Å². The van der Waals surface area contributed by atoms with Crippen LogP contribution in [0.1, 0.15) is 11.4 Å². The van der Waals surface area contributed by atoms with Crippen LogP contribution in [0.5, 0.6) is 11.5 Å². The van der Waals surface area contributed by atoms with E-state index in [-0.39, 0.29) is 6.61 Å². The third kappa shape index (κ3) is 4.76. The highest BCUT2D eigenvalue weighted by Gasteiger charge is 2.12. The number of rotatable bonds is 8. The van der Waals surface area contributed by atoms with Gasteiger partial charge in [0.05, 0.1) is 17.6 Å². The lowest BCUT2D eigenvalue weighted by molar-refractivity contribution is 0.0929. The fourth-order valence-corrected chi connectivity index (χ4v) is 3.26. The fraction of sp³-hybridized carbons (Fsp3) is 0.208. The molecular weight excluding hydrogens is 364 g/mol. The van der Waals surface area contributed by atoms with Gasteiger partial charge in [-0.15, -0.1) is 0 Å². The van der Waals surface area contributed by atoms with Crippen LogP contribution in [0.15, 0.2) is 78.9 Å². The molecule has 0 amide bonds. The van der Waals surface area contributed by atoms with Crippen molar-refractivity contribution in [2.24, 2.45) is 0 Å². The number of fused-ring (bicyclic) bond motifs is 1. The number of imidazole rings is 1. The van der Waals surface area contributed by atoms with Gasteiger partial charge in [0.15, 0.2) is 0 Å². The molecule has 5 nitrogen and oxygen atoms in total. The van der Waals surface area contributed by atoms with E-state index in [2.05, 4.69) is 4.98 Å². The maximum Gasteiger partial charge on any atom is 0.120 e. The Morgan fingerprint density at radius 3 is 2.28 bits per heavy atom. The van der Waals surface area contributed by atoms with Gasteiger partial charge < -0.3 is 19.1 Å². The van der Waals surface area contributed by atoms with Crippen LogP contribution in [-0.4, -0.2) is 27.4 Å². The average molecular weight is 388 g/mol. The first kappa shape index (κ1) is 19.0. The van der Waals surface area contributed by atoms with Gasteiger partial charge >= 0.3 is 0 Å². The molecule has 4 rings (SSSR count). The largest absolute Gasteiger partial charge is 0.491 e. The summed E-state index contributed by atoms with van der Waals surface area (Å²) in [6.45, 7) is 3.11. The normalized spacial score (nSPS) is 12.1. The molecule has 1 aromatic heterocycles. The smallest absolute Gasteiger partial charge is 0.120 e. The summed E-state index contributed by atoms with van der Waals surface area (Å²) < 4.78 is 13.5. The minimum atomic E-state index is -0.639. The molecule has 4 aromatic rings. The highest BCUT2D eigenvalue weighted by atomic mass is 16.5. The summed E-state index contributed by atoms with van der Waals surface area (Å²) in [5, 5.41) is 10.4. The second-order valence-electron chi connectivity index (χ2n) is 6.97. The number of benzene rings is 3. The zero-order valence-corrected chi connectivity index (χ0v) is 16.4. The van der Waals surface area contributed by atoms with Gasteiger partial charge in [-0.1, -0.05) is 42.5 Å². The average Bonchev–Trinajstić information content (AvgIpc) is 3.07. The first-order valence-electron chi connectivity index (χ1n) is 9.68. The SMILES string of the molecule is Cc1nc2ccccc2n1CC(O)COc1ccc(OCc2ccccc2)cc1. The van der Waals surface area contributed by atoms with E-state index in [1.54, 1.807) is 0 Å². The van der Waals surface area contributed by atoms with Gasteiger partial charge in [0, 0.05) is 0 Å². The Kier molecular flexibility index (Phi) is 5.77. The third-order valence-corrected chi connectivity index (χ3v) is 4.75. The predicted molar refractivity (Wildman–Crippen MR) is 113 cm³/mol. The molecule has 148 valence electrons. The molecule has 1 atom stereocenters. The number of aliphatic hydroxyl groups is 1. The molecule has 0 radical (unpaired) electrons. The van der Waals surface area contributed by atoms with Gasteiger partial charge in [-0.3, -0.25) is 0 Å². The first-order valence-corrected chi connectivity index (χ1v) is 9.68. The summed E-state index contributed by atoms with van der Waals surface area (Å²) in [6.07, 6.45) is -0.639. The Morgan fingerprint density at radius 1 is 0.862 bits per heavy atom. The van der Waals surface area contributed by atoms with E-state index in [4.69, 9.17) is 9.47 Å². The molecule has 1 heterocycles. The fourth-order valence-electron chi connectivity index (χ4n) is 3.26. The second-order valence-corrected chi connectivity index (χ2v) is 6.97. The molecule has 0 spiro atoms. The predicted octanol–water partition coefficient (Wildman–Crippen LogP) is 4.36. The zero-order valence-electron chi connectivity index (χ0n) is 16.4. The van der Waals surface area contributed by atoms with Crippen molar-refractivity contribution in [1.29, 1.82) is 0 Å². The van der Waals surface area contributed by atoms with Gasteiger partial charge in [-0.2, -0.15) is 0 Å². The number of aliphatic hydroxyl groups excluding tert-OH is 1. The van der Waals surface area contributed by atoms with Gasteiger partial charge in [-0.05, 0) is 48.9 Å². The van der Waals surface area contributed by atoms with Crippen molar-refractivity contribution in [2.75, 3.05) is 6.61 Å². The summed E-state index contributed by atoms with van der Waals surface area (Å²) in [4.78, 5) is 4.53. The van der Waals surface area contributed by atoms with Gasteiger partial charge in [0.25, 0.3) is 0 Å². The van der Waals surface area contributed by atoms with Crippen LogP contribution in [0.2, 0.25) is 0 Å². The summed E-state index contributed by atoms with van der Waals surface area (Å²) in [6, 6.07) is 25.4. The van der Waals surface area contributed by atoms with Gasteiger partial charge in [0.2, 0.25) is 0 Å². The van der Waals surface area contributed by atoms with Crippen LogP contribution in [0.4, 0.5) is 0 Å². The van der Waals surface area contributed by atoms with Crippen LogP contribution in [0.25, 0.3) is 11.0 Å². The minimum Gasteiger partial charge on any atom is -0.491 e. The molecule has 1 unspecified atom stereocenters. The minimum absolute atomic E-state index is 0.205. The Morgan fingerprint density at radius 2 is 1.52 bits per heavy atom. The molecular formula is C24H24N2O3. The first-order chi connectivity index (χ1) is 14.2. The standard InChI is InChI=1S/C24H24N2O3/c1-18-25-23-9-5-6-10-24(23)26(18)15-20(27)17-29-22-13-11-21(12-14-22)28-16-19-7-3-2-4-8-19/h2-14,20,27H,15-17H2,1H3. The summed E-state index contributed by atoms with van der Waals surface area (Å²) in [7, 11) is 0. The molecule has 0 aliphatic rings. The molecule has 0 saturated heterocycles. The van der Waals surface area contributed by atoms with Crippen molar-refractivity contribution in [1.82, 2.24) is 9.55 Å². The highest BCUT2D eigenvalue weighted by Crippen LogP contribution is 2.20. The molecule has 3 aromatic carbocycles. The van der Waals surface area contributed by atoms with Gasteiger partial charge in [-0.25, -0.2) is 4.98 Å². The van der Waals surface area contributed by atoms with E-state index in [0.717, 1.165) is 28.2 Å². The molecule has 29 heavy (non-hydrogen) atoms. The maximum atomic E-state index is 10.4. The van der Waals surface area contributed by atoms with Crippen LogP contribution < -0.4 is 9.47 Å². The summed E-state index contributed by atoms with van der Waals surface area (Å²) in [5.41, 5.74) is 3.08. The molecule has 1 N–H and O–H groups in total. The number of aromatic nitrogens is 2. The molecule has 0 fully saturated rings. The van der Waals surface area contributed by atoms with Crippen molar-refractivity contribution < 1.29 is 14.6 Å². The van der Waals surface area contributed by atoms with E-state index < -0.39 is 6.10 Å². The van der Waals surface area contributed by atoms with Crippen molar-refractivity contribution >= 4 is 11.0 Å². The van der Waals surface area contributed by atoms with Crippen molar-refractivity contribution in [3.8, 4) is 11.5 Å². The Labute approximate surface area is 170 Å². The molecule has 0 saturated carbocycles. The van der Waals surface area contributed by atoms with Gasteiger partial charge in [0.1, 0.15) is 36.6 Å². The van der Waals surface area contributed by atoms with E-state index in [1.165, 1.54) is 0 Å². The van der Waals surface area contributed by atoms with Crippen molar-refractivity contribution in [3.63, 3.8) is 0 Å². The quantitative estimate of drug-likeness (QED) is 0.487. The van der Waals surface area contributed by atoms with Crippen molar-refractivity contribution in [3.05, 3.63) is 90.3 Å². The monoisotopic (exact) mass is 388 g/mol. The molecule has 0 aliphatic heterocycles. The number of hydrogen-bond acceptors (Lipinski definition) is 4. The van der Waals surface area contributed by atoms with E-state index >= 15 is 0 Å². The number of hydrogen-bond donors (Lipinski definition) is 1. The number of ether oxygens (including phenoxy) is 2. The molecule has 0 aliphatic carbocycles. The zero-order chi connectivity index (χ0) is 20.1. The lowest BCUT2D eigenvalue weighted by Gasteiger charge is -2.15. The maximum absolute atomic E-state index is 10.4. The van der Waals surface area contributed by atoms with E-state index in [9.17, 15) is 5.11 Å². The highest BCUT2D eigenvalue weighted by molar-refractivity contribution is 5.75. The summed E-state index contributed by atoms with van der Waals surface area (Å²) >= 11 is 0. The molecule has 0 bridgehead atoms. The van der Waals surface area contributed by atoms with Crippen LogP contribution in [0, 0.1) is 6.92 Å². The van der Waals surface area contributed by atoms with E-state index in [1.807, 2.05) is 90.4 Å².